The van der Waals surface area contributed by atoms with Gasteiger partial charge in [0.2, 0.25) is 0 Å². The molecule has 16 heavy (non-hydrogen) atoms. The first-order valence-corrected chi connectivity index (χ1v) is 5.82. The van der Waals surface area contributed by atoms with Crippen LogP contribution in [0, 0.1) is 5.92 Å². The van der Waals surface area contributed by atoms with Gasteiger partial charge in [-0.25, -0.2) is 0 Å². The number of nitrogens with one attached hydrogen (secondary N) is 1. The smallest absolute Gasteiger partial charge is 0.0635 e. The molecule has 3 nitrogen and oxygen atoms in total. The van der Waals surface area contributed by atoms with E-state index < -0.39 is 0 Å². The van der Waals surface area contributed by atoms with Gasteiger partial charge in [0.1, 0.15) is 0 Å². The first-order valence-electron chi connectivity index (χ1n) is 5.44. The standard InChI is InChI=1S/C12H19ClN2O/c1-8(2)12(7-16)15-11-4-3-10(13)5-9(11)6-14/h3-5,8,12,15-16H,6-7,14H2,1-2H3/t12-/m1/s1. The minimum absolute atomic E-state index is 0.0338. The Morgan fingerprint density at radius 3 is 2.62 bits per heavy atom. The molecule has 1 rings (SSSR count). The Labute approximate surface area is 102 Å². The van der Waals surface area contributed by atoms with Crippen molar-refractivity contribution < 1.29 is 5.11 Å². The fourth-order valence-electron chi connectivity index (χ4n) is 1.49. The quantitative estimate of drug-likeness (QED) is 0.742. The summed E-state index contributed by atoms with van der Waals surface area (Å²) in [6.07, 6.45) is 0. The van der Waals surface area contributed by atoms with E-state index in [-0.39, 0.29) is 12.6 Å². The summed E-state index contributed by atoms with van der Waals surface area (Å²) < 4.78 is 0. The highest BCUT2D eigenvalue weighted by molar-refractivity contribution is 6.30. The number of rotatable bonds is 5. The lowest BCUT2D eigenvalue weighted by molar-refractivity contribution is 0.249. The molecule has 0 saturated carbocycles. The molecule has 0 aliphatic carbocycles. The van der Waals surface area contributed by atoms with E-state index in [1.807, 2.05) is 18.2 Å². The van der Waals surface area contributed by atoms with E-state index in [2.05, 4.69) is 19.2 Å². The summed E-state index contributed by atoms with van der Waals surface area (Å²) in [5, 5.41) is 13.2. The van der Waals surface area contributed by atoms with E-state index in [1.54, 1.807) is 0 Å². The van der Waals surface area contributed by atoms with Crippen molar-refractivity contribution in [1.29, 1.82) is 0 Å². The normalized spacial score (nSPS) is 12.9. The molecule has 0 aliphatic rings. The van der Waals surface area contributed by atoms with Crippen LogP contribution in [0.2, 0.25) is 5.02 Å². The van der Waals surface area contributed by atoms with Crippen LogP contribution in [-0.2, 0) is 6.54 Å². The lowest BCUT2D eigenvalue weighted by Crippen LogP contribution is -2.30. The van der Waals surface area contributed by atoms with E-state index >= 15 is 0 Å². The second kappa shape index (κ2) is 6.09. The van der Waals surface area contributed by atoms with Crippen LogP contribution in [0.15, 0.2) is 18.2 Å². The van der Waals surface area contributed by atoms with Crippen molar-refractivity contribution in [2.45, 2.75) is 26.4 Å². The Balaban J connectivity index is 2.87. The molecule has 1 aromatic rings. The molecule has 0 spiro atoms. The third kappa shape index (κ3) is 3.37. The number of aliphatic hydroxyl groups excluding tert-OH is 1. The summed E-state index contributed by atoms with van der Waals surface area (Å²) in [5.74, 6) is 0.353. The largest absolute Gasteiger partial charge is 0.394 e. The molecule has 1 aromatic carbocycles. The topological polar surface area (TPSA) is 58.3 Å². The number of anilines is 1. The zero-order valence-electron chi connectivity index (χ0n) is 9.70. The van der Waals surface area contributed by atoms with Gasteiger partial charge in [-0.05, 0) is 29.7 Å². The van der Waals surface area contributed by atoms with E-state index in [9.17, 15) is 5.11 Å². The first kappa shape index (κ1) is 13.3. The number of hydrogen-bond acceptors (Lipinski definition) is 3. The van der Waals surface area contributed by atoms with Gasteiger partial charge in [-0.15, -0.1) is 0 Å². The highest BCUT2D eigenvalue weighted by Gasteiger charge is 2.13. The minimum atomic E-state index is 0.0338. The number of halogens is 1. The lowest BCUT2D eigenvalue weighted by Gasteiger charge is -2.22. The van der Waals surface area contributed by atoms with Crippen molar-refractivity contribution in [3.8, 4) is 0 Å². The molecule has 90 valence electrons. The summed E-state index contributed by atoms with van der Waals surface area (Å²) in [7, 11) is 0. The third-order valence-electron chi connectivity index (χ3n) is 2.63. The van der Waals surface area contributed by atoms with Crippen molar-refractivity contribution in [3.63, 3.8) is 0 Å². The molecule has 0 amide bonds. The van der Waals surface area contributed by atoms with Crippen molar-refractivity contribution in [2.24, 2.45) is 11.7 Å². The summed E-state index contributed by atoms with van der Waals surface area (Å²) in [4.78, 5) is 0. The van der Waals surface area contributed by atoms with Gasteiger partial charge >= 0.3 is 0 Å². The van der Waals surface area contributed by atoms with Crippen LogP contribution in [0.5, 0.6) is 0 Å². The van der Waals surface area contributed by atoms with E-state index in [4.69, 9.17) is 17.3 Å². The number of nitrogens with two attached hydrogens (primary N) is 1. The van der Waals surface area contributed by atoms with Gasteiger partial charge in [0.05, 0.1) is 12.6 Å². The maximum absolute atomic E-state index is 9.26. The maximum atomic E-state index is 9.26. The van der Waals surface area contributed by atoms with Gasteiger partial charge in [0, 0.05) is 17.3 Å². The zero-order chi connectivity index (χ0) is 12.1. The summed E-state index contributed by atoms with van der Waals surface area (Å²) in [6, 6.07) is 5.60. The first-order chi connectivity index (χ1) is 7.58. The van der Waals surface area contributed by atoms with Gasteiger partial charge in [-0.1, -0.05) is 25.4 Å². The van der Waals surface area contributed by atoms with Crippen LogP contribution in [0.25, 0.3) is 0 Å². The van der Waals surface area contributed by atoms with E-state index in [0.29, 0.717) is 17.5 Å². The molecule has 0 saturated heterocycles. The van der Waals surface area contributed by atoms with Gasteiger partial charge in [-0.3, -0.25) is 0 Å². The average Bonchev–Trinajstić information content (AvgIpc) is 2.26. The lowest BCUT2D eigenvalue weighted by atomic mass is 10.0. The highest BCUT2D eigenvalue weighted by Crippen LogP contribution is 2.22. The monoisotopic (exact) mass is 242 g/mol. The van der Waals surface area contributed by atoms with Gasteiger partial charge in [-0.2, -0.15) is 0 Å². The Hall–Kier alpha value is -0.770. The molecule has 0 heterocycles. The Morgan fingerprint density at radius 1 is 1.44 bits per heavy atom. The van der Waals surface area contributed by atoms with Gasteiger partial charge < -0.3 is 16.2 Å². The second-order valence-corrected chi connectivity index (χ2v) is 4.62. The molecule has 0 bridgehead atoms. The Morgan fingerprint density at radius 2 is 2.12 bits per heavy atom. The summed E-state index contributed by atoms with van der Waals surface area (Å²) in [5.41, 5.74) is 7.56. The number of hydrogen-bond donors (Lipinski definition) is 3. The molecule has 4 N–H and O–H groups in total. The molecular weight excluding hydrogens is 224 g/mol. The zero-order valence-corrected chi connectivity index (χ0v) is 10.5. The summed E-state index contributed by atoms with van der Waals surface area (Å²) >= 11 is 5.90. The van der Waals surface area contributed by atoms with Gasteiger partial charge in [0.25, 0.3) is 0 Å². The van der Waals surface area contributed by atoms with Crippen LogP contribution in [0.4, 0.5) is 5.69 Å². The highest BCUT2D eigenvalue weighted by atomic mass is 35.5. The molecule has 4 heteroatoms. The van der Waals surface area contributed by atoms with Crippen molar-refractivity contribution in [3.05, 3.63) is 28.8 Å². The Bertz CT molecular complexity index is 342. The average molecular weight is 243 g/mol. The molecule has 0 radical (unpaired) electrons. The maximum Gasteiger partial charge on any atom is 0.0635 e. The molecule has 0 fully saturated rings. The fraction of sp³-hybridized carbons (Fsp3) is 0.500. The van der Waals surface area contributed by atoms with Crippen LogP contribution in [0.3, 0.4) is 0 Å². The fourth-order valence-corrected chi connectivity index (χ4v) is 1.69. The molecular formula is C12H19ClN2O. The van der Waals surface area contributed by atoms with Gasteiger partial charge in [0.15, 0.2) is 0 Å². The molecule has 0 aromatic heterocycles. The number of benzene rings is 1. The van der Waals surface area contributed by atoms with Crippen molar-refractivity contribution >= 4 is 17.3 Å². The predicted octanol–water partition coefficient (Wildman–Crippen LogP) is 2.23. The van der Waals surface area contributed by atoms with Crippen LogP contribution < -0.4 is 11.1 Å². The molecule has 0 aliphatic heterocycles. The predicted molar refractivity (Wildman–Crippen MR) is 68.7 cm³/mol. The molecule has 0 unspecified atom stereocenters. The van der Waals surface area contributed by atoms with Crippen LogP contribution in [-0.4, -0.2) is 17.8 Å². The second-order valence-electron chi connectivity index (χ2n) is 4.18. The van der Waals surface area contributed by atoms with Crippen molar-refractivity contribution in [2.75, 3.05) is 11.9 Å². The van der Waals surface area contributed by atoms with Crippen LogP contribution >= 0.6 is 11.6 Å². The molecule has 1 atom stereocenters. The summed E-state index contributed by atoms with van der Waals surface area (Å²) in [6.45, 7) is 4.65. The van der Waals surface area contributed by atoms with E-state index in [0.717, 1.165) is 11.3 Å². The number of aliphatic hydroxyl groups is 1. The minimum Gasteiger partial charge on any atom is -0.394 e. The third-order valence-corrected chi connectivity index (χ3v) is 2.86. The van der Waals surface area contributed by atoms with Crippen LogP contribution in [0.1, 0.15) is 19.4 Å². The Kier molecular flexibility index (Phi) is 5.06. The van der Waals surface area contributed by atoms with E-state index in [1.165, 1.54) is 0 Å². The van der Waals surface area contributed by atoms with Crippen molar-refractivity contribution in [1.82, 2.24) is 0 Å². The SMILES string of the molecule is CC(C)[C@@H](CO)Nc1ccc(Cl)cc1CN.